The Hall–Kier alpha value is -1.43. The van der Waals surface area contributed by atoms with Crippen molar-refractivity contribution < 1.29 is 4.39 Å². The molecule has 0 amide bonds. The molecular formula is C11H12FN3OS. The molecular weight excluding hydrogens is 241 g/mol. The molecule has 0 spiro atoms. The van der Waals surface area contributed by atoms with Gasteiger partial charge in [0.15, 0.2) is 5.16 Å². The molecule has 2 aromatic rings. The summed E-state index contributed by atoms with van der Waals surface area (Å²) < 4.78 is 14.1. The van der Waals surface area contributed by atoms with Crippen molar-refractivity contribution in [3.8, 4) is 0 Å². The highest BCUT2D eigenvalue weighted by atomic mass is 32.2. The quantitative estimate of drug-likeness (QED) is 0.620. The number of hydrogen-bond acceptors (Lipinski definition) is 4. The first kappa shape index (κ1) is 12.0. The second kappa shape index (κ2) is 4.83. The van der Waals surface area contributed by atoms with E-state index in [0.717, 1.165) is 5.39 Å². The molecule has 0 saturated heterocycles. The van der Waals surface area contributed by atoms with Crippen LogP contribution >= 0.6 is 11.8 Å². The molecule has 0 radical (unpaired) electrons. The summed E-state index contributed by atoms with van der Waals surface area (Å²) in [5.41, 5.74) is 0.246. The average molecular weight is 253 g/mol. The van der Waals surface area contributed by atoms with Crippen LogP contribution in [-0.4, -0.2) is 27.5 Å². The number of alkyl halides is 1. The zero-order chi connectivity index (χ0) is 12.4. The monoisotopic (exact) mass is 253 g/mol. The zero-order valence-electron chi connectivity index (χ0n) is 9.55. The molecule has 2 heterocycles. The lowest BCUT2D eigenvalue weighted by atomic mass is 10.3. The van der Waals surface area contributed by atoms with E-state index >= 15 is 0 Å². The number of rotatable bonds is 3. The smallest absolute Gasteiger partial charge is 0.252 e. The van der Waals surface area contributed by atoms with Crippen molar-refractivity contribution in [2.75, 3.05) is 12.9 Å². The highest BCUT2D eigenvalue weighted by Crippen LogP contribution is 2.16. The third kappa shape index (κ3) is 2.17. The fourth-order valence-corrected chi connectivity index (χ4v) is 1.95. The Bertz CT molecular complexity index is 599. The van der Waals surface area contributed by atoms with Gasteiger partial charge in [0.25, 0.3) is 5.56 Å². The second-order valence-corrected chi connectivity index (χ2v) is 4.45. The summed E-state index contributed by atoms with van der Waals surface area (Å²) in [6.45, 7) is 1.05. The van der Waals surface area contributed by atoms with Crippen molar-refractivity contribution >= 4 is 22.8 Å². The number of hydrogen-bond donors (Lipinski definition) is 0. The topological polar surface area (TPSA) is 47.8 Å². The lowest BCUT2D eigenvalue weighted by molar-refractivity contribution is 0.376. The van der Waals surface area contributed by atoms with Crippen molar-refractivity contribution in [1.29, 1.82) is 0 Å². The number of halogens is 1. The van der Waals surface area contributed by atoms with E-state index in [1.807, 2.05) is 6.26 Å². The van der Waals surface area contributed by atoms with Gasteiger partial charge in [-0.1, -0.05) is 11.8 Å². The first-order chi connectivity index (χ1) is 8.17. The summed E-state index contributed by atoms with van der Waals surface area (Å²) in [4.78, 5) is 20.2. The van der Waals surface area contributed by atoms with Gasteiger partial charge in [-0.2, -0.15) is 0 Å². The van der Waals surface area contributed by atoms with Gasteiger partial charge in [0, 0.05) is 17.6 Å². The molecule has 0 N–H and O–H groups in total. The van der Waals surface area contributed by atoms with E-state index in [1.54, 1.807) is 19.2 Å². The molecule has 2 rings (SSSR count). The maximum Gasteiger partial charge on any atom is 0.252 e. The standard InChI is InChI=1S/C11H12FN3OS/c1-7(5-12)15-9(16)4-3-8-6-13-11(17-2)14-10(8)15/h3-4,6-7H,5H2,1-2H3. The number of fused-ring (bicyclic) bond motifs is 1. The molecule has 1 atom stereocenters. The molecule has 6 heteroatoms. The van der Waals surface area contributed by atoms with E-state index in [1.165, 1.54) is 22.4 Å². The maximum absolute atomic E-state index is 12.8. The van der Waals surface area contributed by atoms with Crippen LogP contribution in [0.3, 0.4) is 0 Å². The second-order valence-electron chi connectivity index (χ2n) is 3.68. The van der Waals surface area contributed by atoms with Gasteiger partial charge in [0.05, 0.1) is 6.04 Å². The van der Waals surface area contributed by atoms with Crippen molar-refractivity contribution in [3.63, 3.8) is 0 Å². The van der Waals surface area contributed by atoms with Crippen LogP contribution < -0.4 is 5.56 Å². The number of nitrogens with zero attached hydrogens (tertiary/aromatic N) is 3. The normalized spacial score (nSPS) is 12.9. The first-order valence-corrected chi connectivity index (χ1v) is 6.38. The van der Waals surface area contributed by atoms with E-state index < -0.39 is 12.7 Å². The largest absolute Gasteiger partial charge is 0.287 e. The van der Waals surface area contributed by atoms with Crippen LogP contribution in [0.5, 0.6) is 0 Å². The molecule has 0 aliphatic rings. The summed E-state index contributed by atoms with van der Waals surface area (Å²) in [7, 11) is 0. The first-order valence-electron chi connectivity index (χ1n) is 5.15. The highest BCUT2D eigenvalue weighted by molar-refractivity contribution is 7.98. The number of pyridine rings is 1. The van der Waals surface area contributed by atoms with Gasteiger partial charge in [-0.25, -0.2) is 14.4 Å². The van der Waals surface area contributed by atoms with Gasteiger partial charge in [-0.15, -0.1) is 0 Å². The van der Waals surface area contributed by atoms with Gasteiger partial charge >= 0.3 is 0 Å². The lowest BCUT2D eigenvalue weighted by Gasteiger charge is -2.13. The molecule has 0 aliphatic heterocycles. The van der Waals surface area contributed by atoms with Crippen molar-refractivity contribution in [2.24, 2.45) is 0 Å². The van der Waals surface area contributed by atoms with Crippen LogP contribution in [0, 0.1) is 0 Å². The Balaban J connectivity index is 2.77. The zero-order valence-corrected chi connectivity index (χ0v) is 10.4. The Kier molecular flexibility index (Phi) is 3.42. The van der Waals surface area contributed by atoms with Gasteiger partial charge in [-0.05, 0) is 19.2 Å². The molecule has 2 aromatic heterocycles. The van der Waals surface area contributed by atoms with Crippen LogP contribution in [0.4, 0.5) is 4.39 Å². The molecule has 17 heavy (non-hydrogen) atoms. The molecule has 4 nitrogen and oxygen atoms in total. The van der Waals surface area contributed by atoms with Crippen molar-refractivity contribution in [2.45, 2.75) is 18.1 Å². The van der Waals surface area contributed by atoms with Crippen LogP contribution in [0.1, 0.15) is 13.0 Å². The summed E-state index contributed by atoms with van der Waals surface area (Å²) >= 11 is 1.39. The van der Waals surface area contributed by atoms with Gasteiger partial charge in [0.2, 0.25) is 0 Å². The average Bonchev–Trinajstić information content (AvgIpc) is 2.37. The fourth-order valence-electron chi connectivity index (χ4n) is 1.62. The molecule has 90 valence electrons. The minimum atomic E-state index is -0.600. The number of thioether (sulfide) groups is 1. The van der Waals surface area contributed by atoms with Crippen molar-refractivity contribution in [1.82, 2.24) is 14.5 Å². The van der Waals surface area contributed by atoms with Gasteiger partial charge in [0.1, 0.15) is 12.3 Å². The SMILES string of the molecule is CSc1ncc2ccc(=O)n(C(C)CF)c2n1. The predicted molar refractivity (Wildman–Crippen MR) is 66.3 cm³/mol. The van der Waals surface area contributed by atoms with E-state index in [0.29, 0.717) is 10.8 Å². The third-order valence-corrected chi connectivity index (χ3v) is 3.05. The Morgan fingerprint density at radius 3 is 2.94 bits per heavy atom. The van der Waals surface area contributed by atoms with E-state index in [9.17, 15) is 9.18 Å². The van der Waals surface area contributed by atoms with Crippen LogP contribution in [0.15, 0.2) is 28.3 Å². The van der Waals surface area contributed by atoms with Crippen LogP contribution in [-0.2, 0) is 0 Å². The molecule has 0 bridgehead atoms. The number of aromatic nitrogens is 3. The van der Waals surface area contributed by atoms with E-state index in [4.69, 9.17) is 0 Å². The minimum Gasteiger partial charge on any atom is -0.287 e. The molecule has 0 saturated carbocycles. The fraction of sp³-hybridized carbons (Fsp3) is 0.364. The summed E-state index contributed by atoms with van der Waals surface area (Å²) in [6.07, 6.45) is 3.50. The highest BCUT2D eigenvalue weighted by Gasteiger charge is 2.12. The summed E-state index contributed by atoms with van der Waals surface area (Å²) in [6, 6.07) is 2.55. The van der Waals surface area contributed by atoms with Gasteiger partial charge in [-0.3, -0.25) is 9.36 Å². The van der Waals surface area contributed by atoms with E-state index in [2.05, 4.69) is 9.97 Å². The molecule has 0 aliphatic carbocycles. The Morgan fingerprint density at radius 2 is 2.29 bits per heavy atom. The summed E-state index contributed by atoms with van der Waals surface area (Å²) in [5, 5.41) is 1.31. The van der Waals surface area contributed by atoms with Crippen LogP contribution in [0.2, 0.25) is 0 Å². The van der Waals surface area contributed by atoms with E-state index in [-0.39, 0.29) is 5.56 Å². The van der Waals surface area contributed by atoms with Gasteiger partial charge < -0.3 is 0 Å². The predicted octanol–water partition coefficient (Wildman–Crippen LogP) is 2.04. The molecule has 0 aromatic carbocycles. The maximum atomic E-state index is 12.8. The lowest BCUT2D eigenvalue weighted by Crippen LogP contribution is -2.24. The van der Waals surface area contributed by atoms with Crippen LogP contribution in [0.25, 0.3) is 11.0 Å². The molecule has 1 unspecified atom stereocenters. The van der Waals surface area contributed by atoms with Crippen molar-refractivity contribution in [3.05, 3.63) is 28.7 Å². The Morgan fingerprint density at radius 1 is 1.53 bits per heavy atom. The Labute approximate surface area is 102 Å². The third-order valence-electron chi connectivity index (χ3n) is 2.49. The minimum absolute atomic E-state index is 0.242. The molecule has 0 fully saturated rings. The summed E-state index contributed by atoms with van der Waals surface area (Å²) in [5.74, 6) is 0.